The molecule has 76 valence electrons. The quantitative estimate of drug-likeness (QED) is 0.451. The van der Waals surface area contributed by atoms with E-state index < -0.39 is 23.2 Å². The number of nitrogens with zero attached hydrogens (tertiary/aromatic N) is 1. The molecule has 6 nitrogen and oxygen atoms in total. The van der Waals surface area contributed by atoms with Crippen LogP contribution in [0.15, 0.2) is 23.3 Å². The van der Waals surface area contributed by atoms with Crippen molar-refractivity contribution in [2.45, 2.75) is 12.6 Å². The number of pyridine rings is 1. The van der Waals surface area contributed by atoms with Crippen molar-refractivity contribution in [3.05, 3.63) is 28.7 Å². The van der Waals surface area contributed by atoms with Crippen LogP contribution in [0.3, 0.4) is 0 Å². The monoisotopic (exact) mass is 221 g/mol. The van der Waals surface area contributed by atoms with Gasteiger partial charge < -0.3 is 20.5 Å². The molecule has 0 saturated carbocycles. The topological polar surface area (TPSA) is 106 Å². The fourth-order valence-corrected chi connectivity index (χ4v) is 0.931. The largest absolute Gasteiger partial charge is 1.00 e. The Bertz CT molecular complexity index is 404. The van der Waals surface area contributed by atoms with Crippen molar-refractivity contribution in [2.75, 3.05) is 0 Å². The molecular formula is C8H10N2NaO4+. The second-order valence-corrected chi connectivity index (χ2v) is 2.84. The van der Waals surface area contributed by atoms with Gasteiger partial charge in [0.2, 0.25) is 5.43 Å². The first-order valence-electron chi connectivity index (χ1n) is 3.88. The first-order chi connectivity index (χ1) is 6.50. The van der Waals surface area contributed by atoms with Gasteiger partial charge in [-0.25, -0.2) is 0 Å². The Morgan fingerprint density at radius 1 is 1.60 bits per heavy atom. The number of carbonyl (C=O) groups is 1. The average molecular weight is 221 g/mol. The molecule has 0 aromatic carbocycles. The predicted molar refractivity (Wildman–Crippen MR) is 48.0 cm³/mol. The minimum atomic E-state index is -1.14. The molecule has 0 fully saturated rings. The standard InChI is InChI=1S/C8H10N2O4.Na/c9-5(8(13)14)3-10-2-1-6(11)7(12)4-10;/h1-2,4-5,12H,3,9H2,(H,13,14);/q;+1. The maximum absolute atomic E-state index is 10.8. The third kappa shape index (κ3) is 4.05. The Hall–Kier alpha value is -0.820. The van der Waals surface area contributed by atoms with E-state index in [1.165, 1.54) is 10.8 Å². The second kappa shape index (κ2) is 5.92. The SMILES string of the molecule is NC(Cn1ccc(=O)c(O)c1)C(=O)O.[Na+]. The van der Waals surface area contributed by atoms with Crippen LogP contribution in [0.2, 0.25) is 0 Å². The first-order valence-corrected chi connectivity index (χ1v) is 3.88. The molecule has 7 heteroatoms. The van der Waals surface area contributed by atoms with Gasteiger partial charge in [0.25, 0.3) is 0 Å². The summed E-state index contributed by atoms with van der Waals surface area (Å²) in [5, 5.41) is 17.5. The summed E-state index contributed by atoms with van der Waals surface area (Å²) < 4.78 is 1.34. The van der Waals surface area contributed by atoms with Gasteiger partial charge in [-0.05, 0) is 0 Å². The molecule has 1 aromatic heterocycles. The maximum atomic E-state index is 10.8. The first kappa shape index (κ1) is 14.2. The maximum Gasteiger partial charge on any atom is 1.00 e. The van der Waals surface area contributed by atoms with Crippen molar-refractivity contribution in [2.24, 2.45) is 5.73 Å². The van der Waals surface area contributed by atoms with E-state index in [0.717, 1.165) is 12.3 Å². The summed E-state index contributed by atoms with van der Waals surface area (Å²) in [6, 6.07) is 0.0843. The average Bonchev–Trinajstić information content (AvgIpc) is 2.11. The summed E-state index contributed by atoms with van der Waals surface area (Å²) in [7, 11) is 0. The van der Waals surface area contributed by atoms with Crippen molar-refractivity contribution in [3.8, 4) is 5.75 Å². The number of aliphatic carboxylic acids is 1. The van der Waals surface area contributed by atoms with Crippen LogP contribution in [-0.4, -0.2) is 26.8 Å². The molecule has 0 aliphatic heterocycles. The Labute approximate surface area is 108 Å². The van der Waals surface area contributed by atoms with E-state index in [9.17, 15) is 9.59 Å². The summed E-state index contributed by atoms with van der Waals surface area (Å²) in [4.78, 5) is 21.2. The van der Waals surface area contributed by atoms with Crippen molar-refractivity contribution in [3.63, 3.8) is 0 Å². The number of carboxylic acids is 1. The molecule has 4 N–H and O–H groups in total. The Kier molecular flexibility index (Phi) is 5.59. The summed E-state index contributed by atoms with van der Waals surface area (Å²) in [5.41, 5.74) is 4.75. The summed E-state index contributed by atoms with van der Waals surface area (Å²) >= 11 is 0. The van der Waals surface area contributed by atoms with Crippen molar-refractivity contribution < 1.29 is 44.6 Å². The minimum Gasteiger partial charge on any atom is -0.503 e. The third-order valence-electron chi connectivity index (χ3n) is 1.68. The molecule has 0 aliphatic rings. The Balaban J connectivity index is 0.00000196. The van der Waals surface area contributed by atoms with E-state index >= 15 is 0 Å². The van der Waals surface area contributed by atoms with Gasteiger partial charge in [-0.1, -0.05) is 0 Å². The minimum absolute atomic E-state index is 0. The van der Waals surface area contributed by atoms with Crippen molar-refractivity contribution in [1.29, 1.82) is 0 Å². The van der Waals surface area contributed by atoms with Crippen LogP contribution in [0.5, 0.6) is 5.75 Å². The summed E-state index contributed by atoms with van der Waals surface area (Å²) in [5.74, 6) is -1.56. The molecule has 15 heavy (non-hydrogen) atoms. The number of aromatic nitrogens is 1. The van der Waals surface area contributed by atoms with Crippen LogP contribution in [0.1, 0.15) is 0 Å². The van der Waals surface area contributed by atoms with Crippen LogP contribution in [-0.2, 0) is 11.3 Å². The molecule has 1 heterocycles. The normalized spacial score (nSPS) is 11.5. The van der Waals surface area contributed by atoms with Gasteiger partial charge in [0.1, 0.15) is 6.04 Å². The van der Waals surface area contributed by atoms with E-state index in [1.54, 1.807) is 0 Å². The van der Waals surface area contributed by atoms with Gasteiger partial charge >= 0.3 is 35.5 Å². The predicted octanol–water partition coefficient (Wildman–Crippen LogP) is -4.03. The molecule has 0 aliphatic carbocycles. The number of hydrogen-bond acceptors (Lipinski definition) is 4. The number of rotatable bonds is 3. The van der Waals surface area contributed by atoms with E-state index in [4.69, 9.17) is 15.9 Å². The molecule has 1 aromatic rings. The van der Waals surface area contributed by atoms with Gasteiger partial charge in [0.05, 0.1) is 0 Å². The van der Waals surface area contributed by atoms with Crippen molar-refractivity contribution in [1.82, 2.24) is 4.57 Å². The van der Waals surface area contributed by atoms with Crippen LogP contribution in [0, 0.1) is 0 Å². The van der Waals surface area contributed by atoms with Gasteiger partial charge in [-0.2, -0.15) is 0 Å². The van der Waals surface area contributed by atoms with Crippen LogP contribution < -0.4 is 40.7 Å². The third-order valence-corrected chi connectivity index (χ3v) is 1.68. The van der Waals surface area contributed by atoms with E-state index in [2.05, 4.69) is 0 Å². The second-order valence-electron chi connectivity index (χ2n) is 2.84. The molecule has 0 amide bonds. The fourth-order valence-electron chi connectivity index (χ4n) is 0.931. The molecule has 0 radical (unpaired) electrons. The van der Waals surface area contributed by atoms with Gasteiger partial charge in [0, 0.05) is 25.0 Å². The van der Waals surface area contributed by atoms with Crippen LogP contribution in [0.4, 0.5) is 0 Å². The Morgan fingerprint density at radius 3 is 2.67 bits per heavy atom. The smallest absolute Gasteiger partial charge is 0.503 e. The molecule has 1 atom stereocenters. The van der Waals surface area contributed by atoms with Crippen molar-refractivity contribution >= 4 is 5.97 Å². The number of carboxylic acid groups (broad SMARTS) is 1. The number of nitrogens with two attached hydrogens (primary N) is 1. The molecule has 1 unspecified atom stereocenters. The van der Waals surface area contributed by atoms with E-state index in [1.807, 2.05) is 0 Å². The number of hydrogen-bond donors (Lipinski definition) is 3. The van der Waals surface area contributed by atoms with E-state index in [-0.39, 0.29) is 36.1 Å². The van der Waals surface area contributed by atoms with Crippen LogP contribution in [0.25, 0.3) is 0 Å². The molecule has 1 rings (SSSR count). The molecule has 0 saturated heterocycles. The zero-order valence-corrected chi connectivity index (χ0v) is 10.3. The van der Waals surface area contributed by atoms with Gasteiger partial charge in [0.15, 0.2) is 5.75 Å². The fraction of sp³-hybridized carbons (Fsp3) is 0.250. The number of aromatic hydroxyl groups is 1. The molecular weight excluding hydrogens is 211 g/mol. The summed E-state index contributed by atoms with van der Waals surface area (Å²) in [6.07, 6.45) is 2.51. The van der Waals surface area contributed by atoms with E-state index in [0.29, 0.717) is 0 Å². The van der Waals surface area contributed by atoms with Gasteiger partial charge in [-0.3, -0.25) is 9.59 Å². The molecule has 0 spiro atoms. The van der Waals surface area contributed by atoms with Gasteiger partial charge in [-0.15, -0.1) is 0 Å². The molecule has 0 bridgehead atoms. The zero-order valence-electron chi connectivity index (χ0n) is 8.25. The van der Waals surface area contributed by atoms with Crippen LogP contribution >= 0.6 is 0 Å². The zero-order chi connectivity index (χ0) is 10.7. The summed E-state index contributed by atoms with van der Waals surface area (Å²) in [6.45, 7) is 0.00315. The Morgan fingerprint density at radius 2 is 2.20 bits per heavy atom.